The van der Waals surface area contributed by atoms with E-state index in [0.29, 0.717) is 16.9 Å². The van der Waals surface area contributed by atoms with Crippen molar-refractivity contribution in [2.24, 2.45) is 7.05 Å². The maximum Gasteiger partial charge on any atom is 0.295 e. The summed E-state index contributed by atoms with van der Waals surface area (Å²) in [5.74, 6) is -0.272. The Labute approximate surface area is 179 Å². The zero-order valence-electron chi connectivity index (χ0n) is 17.5. The molecule has 0 atom stereocenters. The van der Waals surface area contributed by atoms with Gasteiger partial charge in [-0.2, -0.15) is 0 Å². The van der Waals surface area contributed by atoms with Gasteiger partial charge in [0.15, 0.2) is 0 Å². The smallest absolute Gasteiger partial charge is 0.295 e. The van der Waals surface area contributed by atoms with Crippen LogP contribution in [0.25, 0.3) is 5.69 Å². The van der Waals surface area contributed by atoms with Gasteiger partial charge < -0.3 is 9.88 Å². The van der Waals surface area contributed by atoms with Crippen molar-refractivity contribution < 1.29 is 4.79 Å². The number of aromatic nitrogens is 3. The van der Waals surface area contributed by atoms with Crippen LogP contribution in [-0.4, -0.2) is 19.8 Å². The van der Waals surface area contributed by atoms with E-state index >= 15 is 0 Å². The Balaban J connectivity index is 1.66. The molecule has 1 aromatic carbocycles. The van der Waals surface area contributed by atoms with Gasteiger partial charge in [0.25, 0.3) is 11.5 Å². The number of nitrogens with one attached hydrogen (secondary N) is 1. The summed E-state index contributed by atoms with van der Waals surface area (Å²) in [7, 11) is 1.81. The molecule has 0 unspecified atom stereocenters. The minimum atomic E-state index is -0.272. The maximum atomic E-state index is 13.1. The van der Waals surface area contributed by atoms with Crippen molar-refractivity contribution >= 4 is 22.9 Å². The van der Waals surface area contributed by atoms with Crippen LogP contribution < -0.4 is 10.9 Å². The van der Waals surface area contributed by atoms with Crippen LogP contribution in [0, 0.1) is 20.8 Å². The fraction of sp³-hybridized carbons (Fsp3) is 0.217. The third kappa shape index (κ3) is 3.41. The van der Waals surface area contributed by atoms with Crippen molar-refractivity contribution in [3.05, 3.63) is 91.8 Å². The maximum absolute atomic E-state index is 13.1. The lowest BCUT2D eigenvalue weighted by atomic mass is 10.2. The van der Waals surface area contributed by atoms with E-state index in [9.17, 15) is 9.59 Å². The Hall–Kier alpha value is -3.32. The van der Waals surface area contributed by atoms with E-state index in [-0.39, 0.29) is 11.5 Å². The SMILES string of the molecule is Cc1cc(C(=O)Nc2c(C)n(C)n(-c3ccccc3)c2=O)c(C)n1Cc1cccs1. The predicted molar refractivity (Wildman–Crippen MR) is 121 cm³/mol. The van der Waals surface area contributed by atoms with Gasteiger partial charge in [-0.15, -0.1) is 11.3 Å². The first-order valence-corrected chi connectivity index (χ1v) is 10.6. The molecule has 0 radical (unpaired) electrons. The zero-order chi connectivity index (χ0) is 21.4. The van der Waals surface area contributed by atoms with Gasteiger partial charge in [0, 0.05) is 23.3 Å². The minimum Gasteiger partial charge on any atom is -0.343 e. The molecule has 1 amide bonds. The van der Waals surface area contributed by atoms with Gasteiger partial charge in [0.2, 0.25) is 0 Å². The van der Waals surface area contributed by atoms with E-state index in [2.05, 4.69) is 16.0 Å². The summed E-state index contributed by atoms with van der Waals surface area (Å²) < 4.78 is 5.44. The number of aryl methyl sites for hydroxylation is 1. The molecule has 6 nitrogen and oxygen atoms in total. The summed E-state index contributed by atoms with van der Waals surface area (Å²) in [6, 6.07) is 15.4. The largest absolute Gasteiger partial charge is 0.343 e. The molecule has 7 heteroatoms. The highest BCUT2D eigenvalue weighted by atomic mass is 32.1. The number of para-hydroxylation sites is 1. The summed E-state index contributed by atoms with van der Waals surface area (Å²) in [4.78, 5) is 27.4. The molecule has 1 N–H and O–H groups in total. The van der Waals surface area contributed by atoms with Crippen molar-refractivity contribution in [2.75, 3.05) is 5.32 Å². The average Bonchev–Trinajstić information content (AvgIpc) is 3.40. The molecule has 0 aliphatic carbocycles. The van der Waals surface area contributed by atoms with Gasteiger partial charge in [0.1, 0.15) is 5.69 Å². The first-order valence-electron chi connectivity index (χ1n) is 9.73. The monoisotopic (exact) mass is 420 g/mol. The lowest BCUT2D eigenvalue weighted by Gasteiger charge is -2.08. The second kappa shape index (κ2) is 7.84. The Kier molecular flexibility index (Phi) is 5.22. The zero-order valence-corrected chi connectivity index (χ0v) is 18.3. The van der Waals surface area contributed by atoms with E-state index in [0.717, 1.165) is 23.6 Å². The third-order valence-corrected chi connectivity index (χ3v) is 6.37. The van der Waals surface area contributed by atoms with Crippen LogP contribution in [0.15, 0.2) is 58.7 Å². The van der Waals surface area contributed by atoms with Crippen LogP contribution in [0.4, 0.5) is 5.69 Å². The number of rotatable bonds is 5. The molecular weight excluding hydrogens is 396 g/mol. The van der Waals surface area contributed by atoms with Gasteiger partial charge >= 0.3 is 0 Å². The number of thiophene rings is 1. The highest BCUT2D eigenvalue weighted by Gasteiger charge is 2.21. The van der Waals surface area contributed by atoms with Gasteiger partial charge in [-0.25, -0.2) is 4.68 Å². The summed E-state index contributed by atoms with van der Waals surface area (Å²) in [5.41, 5.74) is 3.98. The van der Waals surface area contributed by atoms with Crippen molar-refractivity contribution in [3.63, 3.8) is 0 Å². The number of benzene rings is 1. The number of hydrogen-bond acceptors (Lipinski definition) is 3. The molecule has 154 valence electrons. The van der Waals surface area contributed by atoms with Crippen LogP contribution in [0.1, 0.15) is 32.3 Å². The molecule has 0 fully saturated rings. The quantitative estimate of drug-likeness (QED) is 0.524. The topological polar surface area (TPSA) is 61.0 Å². The van der Waals surface area contributed by atoms with Gasteiger partial charge in [0.05, 0.1) is 23.5 Å². The molecule has 3 heterocycles. The Morgan fingerprint density at radius 2 is 1.77 bits per heavy atom. The Morgan fingerprint density at radius 1 is 1.03 bits per heavy atom. The molecule has 3 aromatic heterocycles. The van der Waals surface area contributed by atoms with E-state index in [4.69, 9.17) is 0 Å². The highest BCUT2D eigenvalue weighted by molar-refractivity contribution is 7.09. The fourth-order valence-corrected chi connectivity index (χ4v) is 4.42. The van der Waals surface area contributed by atoms with Crippen molar-refractivity contribution in [1.29, 1.82) is 0 Å². The Morgan fingerprint density at radius 3 is 2.43 bits per heavy atom. The van der Waals surface area contributed by atoms with E-state index in [1.165, 1.54) is 4.88 Å². The summed E-state index contributed by atoms with van der Waals surface area (Å²) in [6.45, 7) is 6.49. The van der Waals surface area contributed by atoms with E-state index in [1.807, 2.05) is 75.7 Å². The molecule has 0 saturated heterocycles. The number of nitrogens with zero attached hydrogens (tertiary/aromatic N) is 3. The molecule has 0 aliphatic rings. The first kappa shape index (κ1) is 20.0. The van der Waals surface area contributed by atoms with Gasteiger partial charge in [-0.3, -0.25) is 14.3 Å². The molecule has 0 bridgehead atoms. The number of anilines is 1. The number of carbonyl (C=O) groups excluding carboxylic acids is 1. The molecule has 30 heavy (non-hydrogen) atoms. The minimum absolute atomic E-state index is 0.248. The summed E-state index contributed by atoms with van der Waals surface area (Å²) in [5, 5.41) is 4.91. The van der Waals surface area contributed by atoms with Crippen molar-refractivity contribution in [2.45, 2.75) is 27.3 Å². The molecule has 0 aliphatic heterocycles. The van der Waals surface area contributed by atoms with E-state index in [1.54, 1.807) is 20.7 Å². The normalized spacial score (nSPS) is 11.1. The standard InChI is InChI=1S/C23H24N4O2S/c1-15-13-20(16(2)26(15)14-19-11-8-12-30-19)22(28)24-21-17(3)25(4)27(23(21)29)18-9-6-5-7-10-18/h5-13H,14H2,1-4H3,(H,24,28). The van der Waals surface area contributed by atoms with Crippen LogP contribution in [-0.2, 0) is 13.6 Å². The third-order valence-electron chi connectivity index (χ3n) is 5.51. The molecule has 0 spiro atoms. The van der Waals surface area contributed by atoms with Crippen LogP contribution in [0.5, 0.6) is 0 Å². The average molecular weight is 421 g/mol. The predicted octanol–water partition coefficient (Wildman–Crippen LogP) is 4.26. The van der Waals surface area contributed by atoms with Crippen molar-refractivity contribution in [1.82, 2.24) is 13.9 Å². The lowest BCUT2D eigenvalue weighted by molar-refractivity contribution is 0.102. The molecule has 0 saturated carbocycles. The number of carbonyl (C=O) groups is 1. The second-order valence-electron chi connectivity index (χ2n) is 7.34. The van der Waals surface area contributed by atoms with Crippen LogP contribution >= 0.6 is 11.3 Å². The van der Waals surface area contributed by atoms with Crippen molar-refractivity contribution in [3.8, 4) is 5.69 Å². The molecule has 4 rings (SSSR count). The summed E-state index contributed by atoms with van der Waals surface area (Å²) in [6.07, 6.45) is 0. The van der Waals surface area contributed by atoms with Crippen LogP contribution in [0.2, 0.25) is 0 Å². The number of amides is 1. The van der Waals surface area contributed by atoms with Gasteiger partial charge in [-0.1, -0.05) is 24.3 Å². The molecular formula is C23H24N4O2S. The second-order valence-corrected chi connectivity index (χ2v) is 8.37. The number of hydrogen-bond donors (Lipinski definition) is 1. The fourth-order valence-electron chi connectivity index (χ4n) is 3.73. The van der Waals surface area contributed by atoms with Crippen LogP contribution in [0.3, 0.4) is 0 Å². The van der Waals surface area contributed by atoms with E-state index < -0.39 is 0 Å². The summed E-state index contributed by atoms with van der Waals surface area (Å²) >= 11 is 1.69. The Bertz CT molecular complexity index is 1260. The molecule has 4 aromatic rings. The lowest BCUT2D eigenvalue weighted by Crippen LogP contribution is -2.23. The highest BCUT2D eigenvalue weighted by Crippen LogP contribution is 2.21. The first-order chi connectivity index (χ1) is 14.4. The van der Waals surface area contributed by atoms with Gasteiger partial charge in [-0.05, 0) is 50.4 Å².